The number of benzene rings is 3. The molecule has 1 aliphatic rings. The van der Waals surface area contributed by atoms with Crippen LogP contribution in [0.25, 0.3) is 0 Å². The summed E-state index contributed by atoms with van der Waals surface area (Å²) < 4.78 is 100. The zero-order valence-corrected chi connectivity index (χ0v) is 18.0. The van der Waals surface area contributed by atoms with E-state index in [1.165, 1.54) is 24.3 Å². The van der Waals surface area contributed by atoms with Crippen molar-refractivity contribution >= 4 is 37.7 Å². The SMILES string of the molecule is Cc1ccc(B2OB(c3ccc(OC(F)(F)F)cc3)OB(c3ccc(OC(F)(F)F)cc3)O2)cc1. The Morgan fingerprint density at radius 3 is 1.09 bits per heavy atom. The van der Waals surface area contributed by atoms with Gasteiger partial charge in [-0.15, -0.1) is 26.3 Å². The van der Waals surface area contributed by atoms with Crippen molar-refractivity contribution in [1.82, 2.24) is 0 Å². The lowest BCUT2D eigenvalue weighted by atomic mass is 9.61. The topological polar surface area (TPSA) is 46.2 Å². The van der Waals surface area contributed by atoms with Gasteiger partial charge in [0, 0.05) is 0 Å². The molecule has 1 fully saturated rings. The van der Waals surface area contributed by atoms with Crippen molar-refractivity contribution in [2.24, 2.45) is 0 Å². The summed E-state index contributed by atoms with van der Waals surface area (Å²) in [5.74, 6) is -0.833. The Morgan fingerprint density at radius 2 is 0.800 bits per heavy atom. The fourth-order valence-corrected chi connectivity index (χ4v) is 3.28. The van der Waals surface area contributed by atoms with Crippen LogP contribution in [-0.2, 0) is 13.7 Å². The Kier molecular flexibility index (Phi) is 7.06. The van der Waals surface area contributed by atoms with Gasteiger partial charge in [-0.25, -0.2) is 0 Å². The van der Waals surface area contributed by atoms with Crippen LogP contribution >= 0.6 is 0 Å². The van der Waals surface area contributed by atoms with Crippen LogP contribution in [0.2, 0.25) is 0 Å². The second-order valence-electron chi connectivity index (χ2n) is 7.55. The lowest BCUT2D eigenvalue weighted by Gasteiger charge is -2.31. The number of hydrogen-bond donors (Lipinski definition) is 0. The molecule has 180 valence electrons. The van der Waals surface area contributed by atoms with Gasteiger partial charge >= 0.3 is 34.1 Å². The molecule has 5 nitrogen and oxygen atoms in total. The quantitative estimate of drug-likeness (QED) is 0.403. The second kappa shape index (κ2) is 9.88. The van der Waals surface area contributed by atoms with Crippen LogP contribution in [0.5, 0.6) is 11.5 Å². The largest absolute Gasteiger partial charge is 0.573 e. The highest BCUT2D eigenvalue weighted by Gasteiger charge is 2.43. The molecule has 0 aliphatic carbocycles. The lowest BCUT2D eigenvalue weighted by molar-refractivity contribution is -0.275. The monoisotopic (exact) mass is 494 g/mol. The summed E-state index contributed by atoms with van der Waals surface area (Å²) in [4.78, 5) is 0. The Morgan fingerprint density at radius 1 is 0.514 bits per heavy atom. The van der Waals surface area contributed by atoms with Crippen LogP contribution in [0.1, 0.15) is 5.56 Å². The fourth-order valence-electron chi connectivity index (χ4n) is 3.28. The van der Waals surface area contributed by atoms with Crippen molar-refractivity contribution in [2.45, 2.75) is 19.6 Å². The van der Waals surface area contributed by atoms with Gasteiger partial charge in [-0.05, 0) is 47.6 Å². The first-order valence-corrected chi connectivity index (χ1v) is 10.2. The number of hydrogen-bond acceptors (Lipinski definition) is 5. The van der Waals surface area contributed by atoms with Gasteiger partial charge in [-0.2, -0.15) is 0 Å². The zero-order chi connectivity index (χ0) is 25.2. The van der Waals surface area contributed by atoms with E-state index in [9.17, 15) is 26.3 Å². The molecular weight excluding hydrogens is 479 g/mol. The molecule has 0 radical (unpaired) electrons. The number of rotatable bonds is 5. The Labute approximate surface area is 197 Å². The van der Waals surface area contributed by atoms with Crippen molar-refractivity contribution in [3.8, 4) is 11.5 Å². The summed E-state index contributed by atoms with van der Waals surface area (Å²) in [5, 5.41) is 0. The van der Waals surface area contributed by atoms with E-state index in [1.807, 2.05) is 19.1 Å². The molecule has 0 spiro atoms. The van der Waals surface area contributed by atoms with E-state index < -0.39 is 45.6 Å². The molecule has 0 atom stereocenters. The number of alkyl halides is 6. The molecule has 35 heavy (non-hydrogen) atoms. The minimum Gasteiger partial charge on any atom is -0.445 e. The third-order valence-corrected chi connectivity index (χ3v) is 4.86. The maximum atomic E-state index is 12.5. The molecule has 0 aromatic heterocycles. The average Bonchev–Trinajstić information content (AvgIpc) is 2.78. The molecule has 0 saturated carbocycles. The number of halogens is 6. The Bertz CT molecular complexity index is 1060. The van der Waals surface area contributed by atoms with Gasteiger partial charge in [0.2, 0.25) is 0 Å². The van der Waals surface area contributed by atoms with Gasteiger partial charge in [0.05, 0.1) is 0 Å². The minimum absolute atomic E-state index is 0.377. The molecule has 0 bridgehead atoms. The van der Waals surface area contributed by atoms with Crippen LogP contribution in [0.15, 0.2) is 72.8 Å². The van der Waals surface area contributed by atoms with E-state index in [2.05, 4.69) is 9.47 Å². The predicted octanol–water partition coefficient (Wildman–Crippen LogP) is 3.34. The molecule has 0 unspecified atom stereocenters. The van der Waals surface area contributed by atoms with Crippen LogP contribution in [0.4, 0.5) is 26.3 Å². The van der Waals surface area contributed by atoms with Gasteiger partial charge in [0.25, 0.3) is 0 Å². The smallest absolute Gasteiger partial charge is 0.445 e. The van der Waals surface area contributed by atoms with E-state index in [1.54, 1.807) is 12.1 Å². The summed E-state index contributed by atoms with van der Waals surface area (Å²) in [7, 11) is -3.06. The fraction of sp³-hybridized carbons (Fsp3) is 0.143. The Hall–Kier alpha value is -3.09. The number of aryl methyl sites for hydroxylation is 1. The zero-order valence-electron chi connectivity index (χ0n) is 18.0. The maximum absolute atomic E-state index is 12.5. The lowest BCUT2D eigenvalue weighted by Crippen LogP contribution is -2.61. The molecule has 0 N–H and O–H groups in total. The van der Waals surface area contributed by atoms with Crippen molar-refractivity contribution < 1.29 is 49.5 Å². The van der Waals surface area contributed by atoms with Gasteiger partial charge in [0.15, 0.2) is 0 Å². The van der Waals surface area contributed by atoms with Crippen LogP contribution in [0, 0.1) is 6.92 Å². The third-order valence-electron chi connectivity index (χ3n) is 4.86. The third kappa shape index (κ3) is 6.97. The van der Waals surface area contributed by atoms with Crippen molar-refractivity contribution in [1.29, 1.82) is 0 Å². The summed E-state index contributed by atoms with van der Waals surface area (Å²) in [6.07, 6.45) is -9.67. The standard InChI is InChI=1S/C21H15B3F6O5/c1-14-2-4-15(5-3-14)22-33-23(16-6-10-18(11-7-16)31-20(25,26)27)35-24(34-22)17-8-12-19(13-9-17)32-21(28,29)30/h2-13H,1H3. The van der Waals surface area contributed by atoms with Crippen LogP contribution in [-0.4, -0.2) is 34.1 Å². The van der Waals surface area contributed by atoms with Gasteiger partial charge < -0.3 is 23.2 Å². The van der Waals surface area contributed by atoms with E-state index in [0.29, 0.717) is 16.4 Å². The average molecular weight is 494 g/mol. The molecule has 14 heteroatoms. The first-order chi connectivity index (χ1) is 16.4. The highest BCUT2D eigenvalue weighted by Crippen LogP contribution is 2.23. The minimum atomic E-state index is -4.84. The summed E-state index contributed by atoms with van der Waals surface area (Å²) in [5.41, 5.74) is 2.39. The predicted molar refractivity (Wildman–Crippen MR) is 117 cm³/mol. The van der Waals surface area contributed by atoms with E-state index in [4.69, 9.17) is 13.7 Å². The van der Waals surface area contributed by atoms with Gasteiger partial charge in [-0.1, -0.05) is 54.1 Å². The summed E-state index contributed by atoms with van der Waals surface area (Å²) >= 11 is 0. The maximum Gasteiger partial charge on any atom is 0.573 e. The van der Waals surface area contributed by atoms with Crippen LogP contribution < -0.4 is 25.9 Å². The van der Waals surface area contributed by atoms with E-state index >= 15 is 0 Å². The molecule has 3 aromatic carbocycles. The van der Waals surface area contributed by atoms with Gasteiger partial charge in [0.1, 0.15) is 11.5 Å². The molecule has 3 aromatic rings. The summed E-state index contributed by atoms with van der Waals surface area (Å²) in [6, 6.07) is 17.1. The van der Waals surface area contributed by atoms with Crippen molar-refractivity contribution in [3.63, 3.8) is 0 Å². The van der Waals surface area contributed by atoms with Crippen molar-refractivity contribution in [2.75, 3.05) is 0 Å². The first-order valence-electron chi connectivity index (χ1n) is 10.2. The highest BCUT2D eigenvalue weighted by molar-refractivity contribution is 6.87. The van der Waals surface area contributed by atoms with Crippen LogP contribution in [0.3, 0.4) is 0 Å². The van der Waals surface area contributed by atoms with E-state index in [0.717, 1.165) is 29.8 Å². The molecule has 1 aliphatic heterocycles. The van der Waals surface area contributed by atoms with Gasteiger partial charge in [-0.3, -0.25) is 0 Å². The molecule has 4 rings (SSSR count). The second-order valence-corrected chi connectivity index (χ2v) is 7.55. The molecule has 1 heterocycles. The first kappa shape index (κ1) is 25.0. The molecular formula is C21H15B3F6O5. The molecule has 1 saturated heterocycles. The number of ether oxygens (including phenoxy) is 2. The van der Waals surface area contributed by atoms with Crippen molar-refractivity contribution in [3.05, 3.63) is 78.4 Å². The molecule has 0 amide bonds. The normalized spacial score (nSPS) is 14.8. The highest BCUT2D eigenvalue weighted by atomic mass is 19.4. The summed E-state index contributed by atoms with van der Waals surface area (Å²) in [6.45, 7) is 1.90. The van der Waals surface area contributed by atoms with E-state index in [-0.39, 0.29) is 0 Å². The Balaban J connectivity index is 1.59.